The molecule has 1 unspecified atom stereocenters. The molecule has 11 heteroatoms. The molecule has 1 amide bonds. The van der Waals surface area contributed by atoms with Crippen molar-refractivity contribution in [3.63, 3.8) is 0 Å². The van der Waals surface area contributed by atoms with Crippen molar-refractivity contribution >= 4 is 17.4 Å². The number of aliphatic hydroxyl groups excluding tert-OH is 1. The van der Waals surface area contributed by atoms with Crippen LogP contribution in [-0.2, 0) is 9.59 Å². The van der Waals surface area contributed by atoms with E-state index in [-0.39, 0.29) is 43.0 Å². The zero-order valence-corrected chi connectivity index (χ0v) is 21.2. The number of rotatable bonds is 7. The summed E-state index contributed by atoms with van der Waals surface area (Å²) in [7, 11) is 2.94. The Morgan fingerprint density at radius 3 is 2.39 bits per heavy atom. The quantitative estimate of drug-likeness (QED) is 0.329. The molecule has 2 aromatic carbocycles. The number of ketones is 1. The van der Waals surface area contributed by atoms with Crippen molar-refractivity contribution in [2.45, 2.75) is 18.9 Å². The molecule has 1 N–H and O–H groups in total. The van der Waals surface area contributed by atoms with Crippen LogP contribution in [0, 0.1) is 0 Å². The summed E-state index contributed by atoms with van der Waals surface area (Å²) in [6.45, 7) is 2.81. The van der Waals surface area contributed by atoms with Crippen LogP contribution in [0.1, 0.15) is 30.0 Å². The number of nitrogens with zero attached hydrogens (tertiary/aromatic N) is 2. The van der Waals surface area contributed by atoms with Crippen molar-refractivity contribution in [1.82, 2.24) is 9.80 Å². The Balaban J connectivity index is 1.51. The Morgan fingerprint density at radius 1 is 0.921 bits per heavy atom. The smallest absolute Gasteiger partial charge is 0.295 e. The largest absolute Gasteiger partial charge is 0.507 e. The summed E-state index contributed by atoms with van der Waals surface area (Å²) in [4.78, 5) is 30.7. The van der Waals surface area contributed by atoms with E-state index in [1.54, 1.807) is 24.3 Å². The zero-order chi connectivity index (χ0) is 26.4. The van der Waals surface area contributed by atoms with E-state index >= 15 is 0 Å². The van der Waals surface area contributed by atoms with Crippen LogP contribution in [-0.4, -0.2) is 80.6 Å². The van der Waals surface area contributed by atoms with E-state index in [9.17, 15) is 14.7 Å². The van der Waals surface area contributed by atoms with Crippen molar-refractivity contribution in [3.05, 3.63) is 41.0 Å². The molecule has 200 valence electrons. The van der Waals surface area contributed by atoms with Crippen LogP contribution in [0.25, 0.3) is 5.76 Å². The molecule has 2 aromatic rings. The van der Waals surface area contributed by atoms with Crippen molar-refractivity contribution in [2.75, 3.05) is 54.0 Å². The van der Waals surface area contributed by atoms with E-state index in [0.29, 0.717) is 40.7 Å². The minimum atomic E-state index is -0.957. The number of hydrogen-bond acceptors (Lipinski definition) is 10. The van der Waals surface area contributed by atoms with Gasteiger partial charge < -0.3 is 43.3 Å². The Labute approximate surface area is 219 Å². The molecule has 0 radical (unpaired) electrons. The lowest BCUT2D eigenvalue weighted by Gasteiger charge is -2.29. The van der Waals surface area contributed by atoms with Gasteiger partial charge in [0.2, 0.25) is 25.1 Å². The molecule has 4 heterocycles. The monoisotopic (exact) mass is 524 g/mol. The molecule has 2 saturated heterocycles. The van der Waals surface area contributed by atoms with Crippen molar-refractivity contribution in [3.8, 4) is 34.5 Å². The van der Waals surface area contributed by atoms with Crippen LogP contribution in [0.4, 0.5) is 0 Å². The molecule has 1 atom stereocenters. The van der Waals surface area contributed by atoms with E-state index in [0.717, 1.165) is 25.9 Å². The molecule has 6 rings (SSSR count). The predicted molar refractivity (Wildman–Crippen MR) is 133 cm³/mol. The number of likely N-dealkylation sites (tertiary alicyclic amines) is 2. The molecule has 38 heavy (non-hydrogen) atoms. The lowest BCUT2D eigenvalue weighted by molar-refractivity contribution is -0.140. The van der Waals surface area contributed by atoms with Gasteiger partial charge in [0.05, 0.1) is 25.8 Å². The summed E-state index contributed by atoms with van der Waals surface area (Å²) in [5.41, 5.74) is 0.703. The highest BCUT2D eigenvalue weighted by molar-refractivity contribution is 6.46. The molecule has 0 spiro atoms. The summed E-state index contributed by atoms with van der Waals surface area (Å²) in [5, 5.41) is 11.5. The summed E-state index contributed by atoms with van der Waals surface area (Å²) in [6, 6.07) is 5.58. The van der Waals surface area contributed by atoms with Crippen LogP contribution in [0.15, 0.2) is 29.8 Å². The van der Waals surface area contributed by atoms with Crippen molar-refractivity contribution in [2.24, 2.45) is 0 Å². The second kappa shape index (κ2) is 9.64. The van der Waals surface area contributed by atoms with Gasteiger partial charge in [0.15, 0.2) is 23.0 Å². The highest BCUT2D eigenvalue weighted by Gasteiger charge is 2.48. The second-order valence-electron chi connectivity index (χ2n) is 9.38. The number of hydrogen-bond donors (Lipinski definition) is 1. The van der Waals surface area contributed by atoms with Gasteiger partial charge in [0.1, 0.15) is 5.76 Å². The number of amides is 1. The number of carbonyl (C=O) groups is 2. The maximum atomic E-state index is 13.5. The molecular formula is C27H28N2O9. The van der Waals surface area contributed by atoms with Gasteiger partial charge in [0, 0.05) is 24.2 Å². The van der Waals surface area contributed by atoms with Gasteiger partial charge in [-0.3, -0.25) is 9.59 Å². The Hall–Kier alpha value is -4.12. The predicted octanol–water partition coefficient (Wildman–Crippen LogP) is 2.68. The first-order chi connectivity index (χ1) is 18.5. The summed E-state index contributed by atoms with van der Waals surface area (Å²) < 4.78 is 33.4. The molecule has 0 aliphatic carbocycles. The van der Waals surface area contributed by atoms with Crippen molar-refractivity contribution < 1.29 is 43.1 Å². The van der Waals surface area contributed by atoms with Gasteiger partial charge in [-0.1, -0.05) is 0 Å². The van der Waals surface area contributed by atoms with Gasteiger partial charge in [0.25, 0.3) is 11.7 Å². The van der Waals surface area contributed by atoms with Crippen LogP contribution in [0.2, 0.25) is 0 Å². The minimum absolute atomic E-state index is 0.00928. The Morgan fingerprint density at radius 2 is 1.63 bits per heavy atom. The van der Waals surface area contributed by atoms with Crippen molar-refractivity contribution in [1.29, 1.82) is 0 Å². The highest BCUT2D eigenvalue weighted by Crippen LogP contribution is 2.54. The number of carbonyl (C=O) groups excluding carboxylic acids is 2. The summed E-state index contributed by atoms with van der Waals surface area (Å²) in [6.07, 6.45) is 2.19. The maximum absolute atomic E-state index is 13.5. The Bertz CT molecular complexity index is 1330. The number of ether oxygens (including phenoxy) is 6. The number of benzene rings is 2. The second-order valence-corrected chi connectivity index (χ2v) is 9.38. The van der Waals surface area contributed by atoms with Gasteiger partial charge >= 0.3 is 0 Å². The first-order valence-corrected chi connectivity index (χ1v) is 12.5. The fourth-order valence-electron chi connectivity index (χ4n) is 5.50. The topological polar surface area (TPSA) is 116 Å². The zero-order valence-electron chi connectivity index (χ0n) is 21.2. The van der Waals surface area contributed by atoms with Crippen LogP contribution in [0.5, 0.6) is 34.5 Å². The van der Waals surface area contributed by atoms with Gasteiger partial charge in [-0.05, 0) is 50.2 Å². The third kappa shape index (κ3) is 3.85. The number of aliphatic hydroxyl groups is 1. The third-order valence-electron chi connectivity index (χ3n) is 7.35. The maximum Gasteiger partial charge on any atom is 0.295 e. The van der Waals surface area contributed by atoms with Gasteiger partial charge in [-0.25, -0.2) is 0 Å². The van der Waals surface area contributed by atoms with E-state index in [4.69, 9.17) is 28.4 Å². The van der Waals surface area contributed by atoms with Gasteiger partial charge in [-0.2, -0.15) is 0 Å². The molecule has 0 bridgehead atoms. The summed E-state index contributed by atoms with van der Waals surface area (Å²) >= 11 is 0. The normalized spacial score (nSPS) is 21.4. The lowest BCUT2D eigenvalue weighted by atomic mass is 9.93. The van der Waals surface area contributed by atoms with Crippen LogP contribution >= 0.6 is 0 Å². The molecule has 4 aliphatic rings. The molecule has 4 aliphatic heterocycles. The van der Waals surface area contributed by atoms with E-state index in [2.05, 4.69) is 4.90 Å². The van der Waals surface area contributed by atoms with E-state index in [1.807, 2.05) is 0 Å². The Kier molecular flexibility index (Phi) is 6.15. The summed E-state index contributed by atoms with van der Waals surface area (Å²) in [5.74, 6) is 0.498. The van der Waals surface area contributed by atoms with Crippen LogP contribution in [0.3, 0.4) is 0 Å². The first kappa shape index (κ1) is 24.2. The number of methoxy groups -OCH3 is 2. The van der Waals surface area contributed by atoms with E-state index < -0.39 is 17.7 Å². The number of fused-ring (bicyclic) bond motifs is 2. The average molecular weight is 525 g/mol. The standard InChI is InChI=1S/C27H28N2O9/c1-33-24-16(12-19-25(26(24)34-2)38-14-37-19)21-20(22(30)15-5-6-17-18(11-15)36-13-35-17)23(31)27(32)29(21)10-9-28-7-3-4-8-28/h5-6,11-12,21,30H,3-4,7-10,13-14H2,1-2H3/b22-20+. The first-order valence-electron chi connectivity index (χ1n) is 12.5. The lowest BCUT2D eigenvalue weighted by Crippen LogP contribution is -2.37. The average Bonchev–Trinajstić information content (AvgIpc) is 3.74. The SMILES string of the molecule is COc1c(C2/C(=C(\O)c3ccc4c(c3)OCO4)C(=O)C(=O)N2CCN2CCCC2)cc2c(c1OC)OCO2. The van der Waals surface area contributed by atoms with E-state index in [1.165, 1.54) is 19.1 Å². The third-order valence-corrected chi connectivity index (χ3v) is 7.35. The van der Waals surface area contributed by atoms with Gasteiger partial charge in [-0.15, -0.1) is 0 Å². The minimum Gasteiger partial charge on any atom is -0.507 e. The number of Topliss-reactive ketones (excluding diaryl/α,β-unsaturated/α-hetero) is 1. The molecule has 0 aromatic heterocycles. The molecule has 11 nitrogen and oxygen atoms in total. The molecule has 2 fully saturated rings. The fraction of sp³-hybridized carbons (Fsp3) is 0.407. The fourth-order valence-corrected chi connectivity index (χ4v) is 5.50. The highest BCUT2D eigenvalue weighted by atomic mass is 16.7. The molecular weight excluding hydrogens is 496 g/mol. The van der Waals surface area contributed by atoms with Crippen LogP contribution < -0.4 is 28.4 Å². The molecule has 0 saturated carbocycles.